The number of carbonyl (C=O) groups is 3. The molecule has 5 fully saturated rings. The van der Waals surface area contributed by atoms with Gasteiger partial charge in [-0.05, 0) is 159 Å². The number of allylic oxidation sites excluding steroid dienone is 3. The summed E-state index contributed by atoms with van der Waals surface area (Å²) in [7, 11) is 0. The van der Waals surface area contributed by atoms with Gasteiger partial charge in [-0.1, -0.05) is 72.2 Å². The van der Waals surface area contributed by atoms with E-state index in [4.69, 9.17) is 0 Å². The summed E-state index contributed by atoms with van der Waals surface area (Å²) in [6.45, 7) is 22.1. The number of likely N-dealkylation sites (tertiary alicyclic amines) is 1. The van der Waals surface area contributed by atoms with Crippen LogP contribution in [0.1, 0.15) is 154 Å². The van der Waals surface area contributed by atoms with Crippen molar-refractivity contribution in [1.29, 1.82) is 0 Å². The van der Waals surface area contributed by atoms with Crippen LogP contribution in [0.2, 0.25) is 0 Å². The number of piperidine rings is 1. The van der Waals surface area contributed by atoms with Gasteiger partial charge >= 0.3 is 5.97 Å². The number of nitrogens with zero attached hydrogens (tertiary/aromatic N) is 1. The third-order valence-corrected chi connectivity index (χ3v) is 15.3. The van der Waals surface area contributed by atoms with Crippen LogP contribution in [0.15, 0.2) is 43.0 Å². The van der Waals surface area contributed by atoms with Crippen LogP contribution in [-0.4, -0.2) is 47.4 Å². The number of hydrogen-bond donors (Lipinski definition) is 2. The average Bonchev–Trinajstić information content (AvgIpc) is 3.66. The van der Waals surface area contributed by atoms with E-state index in [1.807, 2.05) is 32.9 Å². The van der Waals surface area contributed by atoms with E-state index in [1.165, 1.54) is 73.8 Å². The van der Waals surface area contributed by atoms with Crippen LogP contribution >= 0.6 is 0 Å². The Morgan fingerprint density at radius 2 is 1.43 bits per heavy atom. The number of imide groups is 1. The number of nitrogens with one attached hydrogen (secondary N) is 1. The van der Waals surface area contributed by atoms with E-state index in [9.17, 15) is 19.5 Å². The Bertz CT molecular complexity index is 1580. The van der Waals surface area contributed by atoms with E-state index < -0.39 is 5.97 Å². The minimum atomic E-state index is -0.863. The van der Waals surface area contributed by atoms with E-state index in [0.29, 0.717) is 48.1 Å². The van der Waals surface area contributed by atoms with Gasteiger partial charge in [-0.2, -0.15) is 0 Å². The van der Waals surface area contributed by atoms with E-state index in [1.54, 1.807) is 18.2 Å². The summed E-state index contributed by atoms with van der Waals surface area (Å²) >= 11 is 0. The first-order valence-corrected chi connectivity index (χ1v) is 22.0. The molecule has 8 atom stereocenters. The van der Waals surface area contributed by atoms with Gasteiger partial charge in [-0.3, -0.25) is 14.5 Å². The molecule has 1 heterocycles. The predicted molar refractivity (Wildman–Crippen MR) is 242 cm³/mol. The maximum absolute atomic E-state index is 12.2. The number of terminal acetylenes is 3. The van der Waals surface area contributed by atoms with Gasteiger partial charge in [-0.25, -0.2) is 4.79 Å². The third-order valence-electron chi connectivity index (χ3n) is 15.3. The van der Waals surface area contributed by atoms with Gasteiger partial charge in [-0.15, -0.1) is 45.1 Å². The van der Waals surface area contributed by atoms with Crippen LogP contribution in [0.25, 0.3) is 5.57 Å². The van der Waals surface area contributed by atoms with Crippen LogP contribution < -0.4 is 5.32 Å². The highest BCUT2D eigenvalue weighted by molar-refractivity contribution is 5.97. The fraction of sp³-hybridized carbons (Fsp3) is 0.635. The van der Waals surface area contributed by atoms with Gasteiger partial charge in [0.1, 0.15) is 0 Å². The quantitative estimate of drug-likeness (QED) is 0.118. The van der Waals surface area contributed by atoms with Crippen molar-refractivity contribution in [3.05, 3.63) is 54.1 Å². The first kappa shape index (κ1) is 50.1. The van der Waals surface area contributed by atoms with E-state index in [-0.39, 0.29) is 22.6 Å². The number of rotatable bonds is 8. The molecule has 7 rings (SSSR count). The zero-order valence-corrected chi connectivity index (χ0v) is 37.2. The molecule has 4 saturated carbocycles. The Morgan fingerprint density at radius 1 is 0.828 bits per heavy atom. The predicted octanol–water partition coefficient (Wildman–Crippen LogP) is 11.3. The summed E-state index contributed by atoms with van der Waals surface area (Å²) in [4.78, 5) is 37.4. The van der Waals surface area contributed by atoms with E-state index in [0.717, 1.165) is 49.6 Å². The van der Waals surface area contributed by atoms with Crippen molar-refractivity contribution < 1.29 is 19.5 Å². The van der Waals surface area contributed by atoms with Gasteiger partial charge in [0, 0.05) is 25.9 Å². The zero-order valence-electron chi connectivity index (χ0n) is 37.2. The standard InChI is InChI=1S/C41H58N2O4.C3H6.C2H6.3C2H2/c1-38(2)30(27-11-13-28(14-12-27)37(46)47)17-21-40(4)33(38)19-22-39(3)31-18-23-41(20-6-8-32(41)29(31)15-16-34(39)40)26-42-24-7-25-43-35(44)9-5-10-36(43)45;1-3-2;4*1-2/h11-14,17,29,31-34,42H,5-10,15-16,18-26H2,1-4H3,(H,46,47);3H,1H2,2H3;1-2H3;3*1-2H/t29-,31?,32?,33?,34?,39-,40-,41+;;;;;/m0...../s1. The first-order chi connectivity index (χ1) is 27.8. The second-order valence-corrected chi connectivity index (χ2v) is 18.1. The van der Waals surface area contributed by atoms with Gasteiger partial charge < -0.3 is 10.4 Å². The van der Waals surface area contributed by atoms with E-state index >= 15 is 0 Å². The lowest BCUT2D eigenvalue weighted by atomic mass is 9.36. The van der Waals surface area contributed by atoms with Gasteiger partial charge in [0.15, 0.2) is 0 Å². The molecule has 6 aliphatic rings. The summed E-state index contributed by atoms with van der Waals surface area (Å²) in [5, 5.41) is 13.3. The monoisotopic (exact) mass is 793 g/mol. The molecule has 2 N–H and O–H groups in total. The first-order valence-electron chi connectivity index (χ1n) is 22.0. The molecular weight excluding hydrogens is 717 g/mol. The molecule has 0 aromatic heterocycles. The molecule has 4 unspecified atom stereocenters. The lowest BCUT2D eigenvalue weighted by molar-refractivity contribution is -0.177. The molecule has 58 heavy (non-hydrogen) atoms. The maximum atomic E-state index is 12.2. The number of amides is 2. The van der Waals surface area contributed by atoms with Crippen LogP contribution in [0.4, 0.5) is 0 Å². The van der Waals surface area contributed by atoms with Crippen molar-refractivity contribution in [3.8, 4) is 38.5 Å². The van der Waals surface area contributed by atoms with Crippen LogP contribution in [-0.2, 0) is 9.59 Å². The number of aromatic carboxylic acids is 1. The Labute approximate surface area is 353 Å². The smallest absolute Gasteiger partial charge is 0.335 e. The van der Waals surface area contributed by atoms with Crippen LogP contribution in [0.5, 0.6) is 0 Å². The molecule has 0 radical (unpaired) electrons. The minimum Gasteiger partial charge on any atom is -0.478 e. The molecule has 2 amide bonds. The molecule has 0 spiro atoms. The van der Waals surface area contributed by atoms with Crippen LogP contribution in [0, 0.1) is 89.8 Å². The summed E-state index contributed by atoms with van der Waals surface area (Å²) in [6, 6.07) is 7.59. The van der Waals surface area contributed by atoms with Crippen molar-refractivity contribution in [1.82, 2.24) is 10.2 Å². The minimum absolute atomic E-state index is 0.0153. The SMILES string of the molecule is C#C.C#C.C#C.C=CC.CC.CC1(C)C(c2ccc(C(=O)O)cc2)=CC[C@@]2(C)C1CC[C@@]1(C)C3CC[C@@]4(CNCCCN5C(=O)CCCC5=O)CCCC4[C@H]3CCC12. The van der Waals surface area contributed by atoms with Gasteiger partial charge in [0.25, 0.3) is 0 Å². The van der Waals surface area contributed by atoms with Crippen molar-refractivity contribution in [2.45, 2.75) is 138 Å². The number of carboxylic acid groups (broad SMARTS) is 1. The molecule has 1 aromatic rings. The Morgan fingerprint density at radius 3 is 2.02 bits per heavy atom. The summed E-state index contributed by atoms with van der Waals surface area (Å²) in [6.07, 6.45) is 44.2. The number of hydrogen-bond acceptors (Lipinski definition) is 4. The van der Waals surface area contributed by atoms with Crippen molar-refractivity contribution in [2.75, 3.05) is 19.6 Å². The topological polar surface area (TPSA) is 86.7 Å². The van der Waals surface area contributed by atoms with Gasteiger partial charge in [0.2, 0.25) is 11.8 Å². The van der Waals surface area contributed by atoms with Crippen molar-refractivity contribution in [3.63, 3.8) is 0 Å². The Hall–Kier alpha value is -4.05. The number of benzene rings is 1. The van der Waals surface area contributed by atoms with Crippen molar-refractivity contribution in [2.24, 2.45) is 51.2 Å². The van der Waals surface area contributed by atoms with Gasteiger partial charge in [0.05, 0.1) is 5.56 Å². The highest BCUT2D eigenvalue weighted by atomic mass is 16.4. The maximum Gasteiger partial charge on any atom is 0.335 e. The highest BCUT2D eigenvalue weighted by Gasteiger charge is 2.65. The third kappa shape index (κ3) is 9.86. The molecule has 1 aliphatic heterocycles. The number of carbonyl (C=O) groups excluding carboxylic acids is 2. The highest BCUT2D eigenvalue weighted by Crippen LogP contribution is 2.73. The molecule has 1 saturated heterocycles. The fourth-order valence-corrected chi connectivity index (χ4v) is 13.3. The zero-order chi connectivity index (χ0) is 43.9. The number of carboxylic acids is 1. The molecular formula is C52H76N2O4. The van der Waals surface area contributed by atoms with Crippen molar-refractivity contribution >= 4 is 23.4 Å². The molecule has 6 nitrogen and oxygen atoms in total. The second kappa shape index (κ2) is 22.4. The summed E-state index contributed by atoms with van der Waals surface area (Å²) in [5.74, 6) is 3.02. The summed E-state index contributed by atoms with van der Waals surface area (Å²) in [5.41, 5.74) is 4.10. The molecule has 0 bridgehead atoms. The Kier molecular flexibility index (Phi) is 19.3. The number of fused-ring (bicyclic) bond motifs is 7. The largest absolute Gasteiger partial charge is 0.478 e. The second-order valence-electron chi connectivity index (χ2n) is 18.1. The molecule has 318 valence electrons. The normalized spacial score (nSPS) is 32.3. The Balaban J connectivity index is 0.000000969. The van der Waals surface area contributed by atoms with E-state index in [2.05, 4.69) is 84.2 Å². The fourth-order valence-electron chi connectivity index (χ4n) is 13.3. The molecule has 6 heteroatoms. The molecule has 1 aromatic carbocycles. The van der Waals surface area contributed by atoms with Crippen LogP contribution in [0.3, 0.4) is 0 Å². The lowest BCUT2D eigenvalue weighted by Crippen LogP contribution is -2.61. The summed E-state index contributed by atoms with van der Waals surface area (Å²) < 4.78 is 0. The average molecular weight is 793 g/mol. The molecule has 5 aliphatic carbocycles. The lowest BCUT2D eigenvalue weighted by Gasteiger charge is -2.68.